The van der Waals surface area contributed by atoms with Gasteiger partial charge in [0.1, 0.15) is 75.7 Å². The van der Waals surface area contributed by atoms with Gasteiger partial charge in [-0.05, 0) is 113 Å². The first-order valence-corrected chi connectivity index (χ1v) is 28.5. The molecule has 4 aliphatic rings. The van der Waals surface area contributed by atoms with Crippen LogP contribution in [0.3, 0.4) is 0 Å². The van der Waals surface area contributed by atoms with Crippen molar-refractivity contribution in [2.24, 2.45) is 0 Å². The van der Waals surface area contributed by atoms with Gasteiger partial charge in [0, 0.05) is 45.7 Å². The van der Waals surface area contributed by atoms with Gasteiger partial charge in [-0.2, -0.15) is 9.97 Å². The standard InChI is InChI=1S/C34H38F2N6O6.C28H27F2N5O3/c1-18(2)26-28(19(3)11-12-37-26)42-31-24-29(25(36)27(38-31)23-21(35)9-8-10-22(23)47-17-45-7)46-16-20-15-40(33(44)48-34(4,5)6)13-14-41(20)30(24)39-32(42)43;1-14(2)22-24(15(3)10-11-31-22)35-27-20-25(21(30)23(32-27)19-17(29)8-6-9-18(19)36)38-13-16-7-4-5-12-34(16)26(20)33-28(35)37/h8-12,18,20H,13-17H2,1-7H3;6,8-11,14,16,36H,4-5,7,12-13H2,1-3H3/t20-;16-/m11/s1. The topological polar surface area (TPSA) is 215 Å². The first-order valence-electron chi connectivity index (χ1n) is 28.5. The third-order valence-electron chi connectivity index (χ3n) is 15.6. The van der Waals surface area contributed by atoms with Gasteiger partial charge in [-0.15, -0.1) is 0 Å². The predicted octanol–water partition coefficient (Wildman–Crippen LogP) is 10.4. The molecule has 12 rings (SSSR count). The molecule has 2 aromatic carbocycles. The average molecular weight is 1180 g/mol. The molecule has 2 atom stereocenters. The van der Waals surface area contributed by atoms with Gasteiger partial charge in [0.25, 0.3) is 0 Å². The number of halogens is 4. The number of ether oxygens (including phenoxy) is 5. The van der Waals surface area contributed by atoms with E-state index >= 15 is 13.2 Å². The molecule has 6 aromatic heterocycles. The van der Waals surface area contributed by atoms with E-state index in [2.05, 4.69) is 29.9 Å². The molecular formula is C62H65F4N11O9. The number of aromatic hydroxyl groups is 1. The number of aromatic nitrogens is 8. The lowest BCUT2D eigenvalue weighted by atomic mass is 10.0. The number of phenolic OH excluding ortho intramolecular Hbond substituents is 1. The quantitative estimate of drug-likeness (QED) is 0.105. The molecule has 8 aromatic rings. The number of hydrogen-bond acceptors (Lipinski definition) is 17. The lowest BCUT2D eigenvalue weighted by Gasteiger charge is -2.41. The number of hydrogen-bond donors (Lipinski definition) is 1. The lowest BCUT2D eigenvalue weighted by Crippen LogP contribution is -2.57. The number of carbonyl (C=O) groups excluding carboxylic acids is 1. The molecular weight excluding hydrogens is 1120 g/mol. The Balaban J connectivity index is 0.000000183. The Hall–Kier alpha value is -8.93. The summed E-state index contributed by atoms with van der Waals surface area (Å²) in [5.74, 6) is -4.14. The maximum Gasteiger partial charge on any atom is 0.410 e. The van der Waals surface area contributed by atoms with E-state index in [4.69, 9.17) is 23.7 Å². The van der Waals surface area contributed by atoms with Crippen molar-refractivity contribution < 1.29 is 51.1 Å². The molecule has 0 bridgehead atoms. The predicted molar refractivity (Wildman–Crippen MR) is 313 cm³/mol. The maximum absolute atomic E-state index is 16.9. The van der Waals surface area contributed by atoms with Gasteiger partial charge in [0.05, 0.1) is 46.0 Å². The van der Waals surface area contributed by atoms with Crippen molar-refractivity contribution >= 4 is 39.8 Å². The van der Waals surface area contributed by atoms with Crippen LogP contribution in [-0.2, 0) is 9.47 Å². The van der Waals surface area contributed by atoms with Crippen molar-refractivity contribution in [1.29, 1.82) is 0 Å². The number of aryl methyl sites for hydroxylation is 2. The van der Waals surface area contributed by atoms with Crippen molar-refractivity contribution in [3.05, 3.63) is 128 Å². The number of methoxy groups -OCH3 is 1. The fourth-order valence-corrected chi connectivity index (χ4v) is 11.7. The van der Waals surface area contributed by atoms with Gasteiger partial charge in [-0.25, -0.2) is 51.0 Å². The number of phenols is 1. The van der Waals surface area contributed by atoms with Crippen molar-refractivity contribution in [2.75, 3.05) is 63.1 Å². The smallest absolute Gasteiger partial charge is 0.410 e. The van der Waals surface area contributed by atoms with Crippen LogP contribution in [0.25, 0.3) is 56.0 Å². The number of nitrogens with zero attached hydrogens (tertiary/aromatic N) is 11. The number of pyridine rings is 4. The average Bonchev–Trinajstić information content (AvgIpc) is 1.22. The molecule has 1 N–H and O–H groups in total. The first kappa shape index (κ1) is 58.8. The summed E-state index contributed by atoms with van der Waals surface area (Å²) >= 11 is 0. The van der Waals surface area contributed by atoms with Crippen LogP contribution >= 0.6 is 0 Å². The van der Waals surface area contributed by atoms with Crippen LogP contribution in [0.4, 0.5) is 34.0 Å². The zero-order valence-electron chi connectivity index (χ0n) is 49.3. The highest BCUT2D eigenvalue weighted by atomic mass is 19.1. The summed E-state index contributed by atoms with van der Waals surface area (Å²) < 4.78 is 94.9. The summed E-state index contributed by atoms with van der Waals surface area (Å²) in [6.07, 6.45) is 5.49. The van der Waals surface area contributed by atoms with Crippen LogP contribution in [-0.4, -0.2) is 126 Å². The van der Waals surface area contributed by atoms with E-state index in [0.29, 0.717) is 40.7 Å². The van der Waals surface area contributed by atoms with Gasteiger partial charge < -0.3 is 43.5 Å². The fourth-order valence-electron chi connectivity index (χ4n) is 11.7. The number of rotatable bonds is 9. The van der Waals surface area contributed by atoms with Crippen molar-refractivity contribution in [3.8, 4) is 56.9 Å². The van der Waals surface area contributed by atoms with E-state index in [0.717, 1.165) is 37.0 Å². The van der Waals surface area contributed by atoms with E-state index in [9.17, 15) is 23.9 Å². The Morgan fingerprint density at radius 3 is 1.76 bits per heavy atom. The summed E-state index contributed by atoms with van der Waals surface area (Å²) in [6.45, 7) is 18.0. The summed E-state index contributed by atoms with van der Waals surface area (Å²) in [4.78, 5) is 73.7. The highest BCUT2D eigenvalue weighted by Crippen LogP contribution is 2.47. The molecule has 0 unspecified atom stereocenters. The van der Waals surface area contributed by atoms with Gasteiger partial charge in [0.15, 0.2) is 41.2 Å². The molecule has 2 fully saturated rings. The minimum atomic E-state index is -0.959. The molecule has 450 valence electrons. The number of piperazine rings is 1. The van der Waals surface area contributed by atoms with Gasteiger partial charge in [-0.1, -0.05) is 39.8 Å². The Morgan fingerprint density at radius 2 is 1.22 bits per heavy atom. The molecule has 0 radical (unpaired) electrons. The van der Waals surface area contributed by atoms with Gasteiger partial charge in [0.2, 0.25) is 0 Å². The molecule has 4 aliphatic heterocycles. The highest BCUT2D eigenvalue weighted by molar-refractivity contribution is 5.98. The zero-order chi connectivity index (χ0) is 61.2. The van der Waals surface area contributed by atoms with Crippen LogP contribution in [0.15, 0.2) is 70.5 Å². The van der Waals surface area contributed by atoms with Crippen LogP contribution in [0.1, 0.15) is 102 Å². The Kier molecular flexibility index (Phi) is 15.8. The van der Waals surface area contributed by atoms with E-state index in [1.165, 1.54) is 40.5 Å². The van der Waals surface area contributed by atoms with E-state index in [-0.39, 0.29) is 108 Å². The van der Waals surface area contributed by atoms with E-state index in [1.807, 2.05) is 51.3 Å². The van der Waals surface area contributed by atoms with Crippen LogP contribution < -0.4 is 35.4 Å². The Labute approximate surface area is 492 Å². The number of piperidine rings is 1. The largest absolute Gasteiger partial charge is 0.507 e. The van der Waals surface area contributed by atoms with Crippen LogP contribution in [0.5, 0.6) is 23.0 Å². The second-order valence-electron chi connectivity index (χ2n) is 23.3. The first-order chi connectivity index (χ1) is 41.1. The molecule has 10 heterocycles. The van der Waals surface area contributed by atoms with Crippen molar-refractivity contribution in [1.82, 2.24) is 43.9 Å². The summed E-state index contributed by atoms with van der Waals surface area (Å²) in [7, 11) is 1.41. The second-order valence-corrected chi connectivity index (χ2v) is 23.3. The number of fused-ring (bicyclic) bond motifs is 4. The molecule has 86 heavy (non-hydrogen) atoms. The fraction of sp³-hybridized carbons (Fsp3) is 0.403. The SMILES string of the molecule is COCOc1cccc(F)c1-c1nc2c3c(nc(=O)n2-c2c(C)ccnc2C(C)C)N2CCN(C(=O)OC(C)(C)C)C[C@@H]2COc3c1F.Cc1ccnc(C(C)C)c1-n1c(=O)nc2c3c(c(F)c(-c4c(O)cccc4F)nc31)OC[C@H]1CCCCN21. The third kappa shape index (κ3) is 10.5. The minimum Gasteiger partial charge on any atom is -0.507 e. The second kappa shape index (κ2) is 23.2. The van der Waals surface area contributed by atoms with Crippen molar-refractivity contribution in [3.63, 3.8) is 0 Å². The lowest BCUT2D eigenvalue weighted by molar-refractivity contribution is 0.0201. The van der Waals surface area contributed by atoms with E-state index in [1.54, 1.807) is 50.2 Å². The maximum atomic E-state index is 16.9. The summed E-state index contributed by atoms with van der Waals surface area (Å²) in [6, 6.07) is 10.7. The van der Waals surface area contributed by atoms with Crippen LogP contribution in [0.2, 0.25) is 0 Å². The normalized spacial score (nSPS) is 16.4. The Morgan fingerprint density at radius 1 is 0.698 bits per heavy atom. The molecule has 0 spiro atoms. The number of anilines is 2. The third-order valence-corrected chi connectivity index (χ3v) is 15.6. The molecule has 20 nitrogen and oxygen atoms in total. The van der Waals surface area contributed by atoms with Crippen molar-refractivity contribution in [2.45, 2.75) is 111 Å². The van der Waals surface area contributed by atoms with Gasteiger partial charge >= 0.3 is 17.5 Å². The molecule has 24 heteroatoms. The Bertz CT molecular complexity index is 4120. The molecule has 0 saturated carbocycles. The monoisotopic (exact) mass is 1180 g/mol. The molecule has 2 saturated heterocycles. The number of carbonyl (C=O) groups is 1. The molecule has 0 aliphatic carbocycles. The van der Waals surface area contributed by atoms with Gasteiger partial charge in [-0.3, -0.25) is 9.97 Å². The number of benzene rings is 2. The summed E-state index contributed by atoms with van der Waals surface area (Å²) in [5, 5.41) is 10.9. The minimum absolute atomic E-state index is 0.00515. The molecule has 1 amide bonds. The van der Waals surface area contributed by atoms with Crippen LogP contribution in [0, 0.1) is 37.1 Å². The zero-order valence-corrected chi connectivity index (χ0v) is 49.3. The number of amides is 1. The van der Waals surface area contributed by atoms with E-state index < -0.39 is 75.1 Å². The highest BCUT2D eigenvalue weighted by Gasteiger charge is 2.41. The summed E-state index contributed by atoms with van der Waals surface area (Å²) in [5.41, 5.74) is 0.144.